The Morgan fingerprint density at radius 2 is 0.946 bits per heavy atom. The zero-order valence-electron chi connectivity index (χ0n) is 31.5. The fourth-order valence-corrected chi connectivity index (χ4v) is 8.45. The third-order valence-corrected chi connectivity index (χ3v) is 11.0. The first-order valence-corrected chi connectivity index (χ1v) is 19.2. The van der Waals surface area contributed by atoms with Crippen LogP contribution in [-0.4, -0.2) is 4.57 Å². The van der Waals surface area contributed by atoms with Crippen LogP contribution >= 0.6 is 0 Å². The normalized spacial score (nSPS) is 11.7. The summed E-state index contributed by atoms with van der Waals surface area (Å²) < 4.78 is 2.37. The lowest BCUT2D eigenvalue weighted by Gasteiger charge is -2.37. The Morgan fingerprint density at radius 3 is 1.55 bits per heavy atom. The maximum absolute atomic E-state index is 3.93. The van der Waals surface area contributed by atoms with Crippen LogP contribution in [0.1, 0.15) is 33.4 Å². The van der Waals surface area contributed by atoms with Gasteiger partial charge in [-0.3, -0.25) is 0 Å². The lowest BCUT2D eigenvalue weighted by Crippen LogP contribution is -2.31. The summed E-state index contributed by atoms with van der Waals surface area (Å²) in [5, 5.41) is 2.43. The van der Waals surface area contributed by atoms with Crippen molar-refractivity contribution in [3.05, 3.63) is 258 Å². The van der Waals surface area contributed by atoms with Crippen LogP contribution in [0.2, 0.25) is 0 Å². The number of hydrogen-bond donors (Lipinski definition) is 0. The summed E-state index contributed by atoms with van der Waals surface area (Å²) in [4.78, 5) is 2.39. The van der Waals surface area contributed by atoms with Crippen molar-refractivity contribution in [2.24, 2.45) is 0 Å². The molecule has 0 saturated heterocycles. The van der Waals surface area contributed by atoms with Gasteiger partial charge in [-0.15, -0.1) is 0 Å². The van der Waals surface area contributed by atoms with E-state index in [0.717, 1.165) is 28.3 Å². The van der Waals surface area contributed by atoms with Gasteiger partial charge in [0.25, 0.3) is 0 Å². The van der Waals surface area contributed by atoms with Gasteiger partial charge >= 0.3 is 0 Å². The first-order valence-electron chi connectivity index (χ1n) is 19.2. The zero-order valence-corrected chi connectivity index (χ0v) is 31.5. The molecule has 268 valence electrons. The fourth-order valence-electron chi connectivity index (χ4n) is 8.45. The van der Waals surface area contributed by atoms with Crippen LogP contribution in [0.3, 0.4) is 0 Å². The van der Waals surface area contributed by atoms with E-state index in [-0.39, 0.29) is 0 Å². The number of fused-ring (bicyclic) bond motifs is 3. The average molecular weight is 719 g/mol. The van der Waals surface area contributed by atoms with Gasteiger partial charge in [0.05, 0.1) is 16.4 Å². The monoisotopic (exact) mass is 718 g/mol. The number of rotatable bonds is 10. The van der Waals surface area contributed by atoms with Gasteiger partial charge in [-0.25, -0.2) is 0 Å². The molecule has 9 rings (SSSR count). The van der Waals surface area contributed by atoms with Crippen LogP contribution in [-0.2, 0) is 5.41 Å². The molecule has 0 bridgehead atoms. The third kappa shape index (κ3) is 6.02. The summed E-state index contributed by atoms with van der Waals surface area (Å²) in [7, 11) is 0. The van der Waals surface area contributed by atoms with E-state index in [4.69, 9.17) is 0 Å². The predicted octanol–water partition coefficient (Wildman–Crippen LogP) is 14.1. The fraction of sp³-hybridized carbons (Fsp3) is 0.0370. The van der Waals surface area contributed by atoms with Gasteiger partial charge in [-0.05, 0) is 101 Å². The SMILES string of the molecule is C=C/C=C\c1cc(N(c2ccc(C(c3ccccc3)(c3ccccc3)c3ccccc3)cc2)c2ccc3c(c2)c2ccccc2n3-c2ccccc2)ccc1C. The largest absolute Gasteiger partial charge is 0.310 e. The maximum atomic E-state index is 3.93. The molecule has 0 atom stereocenters. The minimum absolute atomic E-state index is 0.530. The van der Waals surface area contributed by atoms with E-state index in [0.29, 0.717) is 0 Å². The van der Waals surface area contributed by atoms with E-state index in [1.807, 2.05) is 12.2 Å². The lowest BCUT2D eigenvalue weighted by molar-refractivity contribution is 0.745. The Kier molecular flexibility index (Phi) is 9.23. The first-order chi connectivity index (χ1) is 27.7. The topological polar surface area (TPSA) is 8.17 Å². The highest BCUT2D eigenvalue weighted by Crippen LogP contribution is 2.47. The molecule has 9 aromatic rings. The van der Waals surface area contributed by atoms with Gasteiger partial charge in [0.1, 0.15) is 0 Å². The van der Waals surface area contributed by atoms with E-state index in [9.17, 15) is 0 Å². The Hall–Kier alpha value is -7.16. The number of aryl methyl sites for hydroxylation is 1. The zero-order chi connectivity index (χ0) is 37.9. The molecule has 0 spiro atoms. The van der Waals surface area contributed by atoms with Crippen LogP contribution in [0.5, 0.6) is 0 Å². The molecule has 0 saturated carbocycles. The number of aromatic nitrogens is 1. The van der Waals surface area contributed by atoms with Gasteiger partial charge in [-0.2, -0.15) is 0 Å². The summed E-state index contributed by atoms with van der Waals surface area (Å²) in [6.07, 6.45) is 5.97. The molecule has 0 aliphatic rings. The number of nitrogens with zero attached hydrogens (tertiary/aromatic N) is 2. The molecule has 0 radical (unpaired) electrons. The maximum Gasteiger partial charge on any atom is 0.0701 e. The highest BCUT2D eigenvalue weighted by molar-refractivity contribution is 6.10. The molecule has 56 heavy (non-hydrogen) atoms. The van der Waals surface area contributed by atoms with Crippen LogP contribution in [0.25, 0.3) is 33.6 Å². The standard InChI is InChI=1S/C54H42N2/c1-3-4-19-41-38-48(33-30-40(41)2)55(49-36-37-53-51(39-49)50-28-17-18-29-52(50)56(53)46-26-15-8-16-27-46)47-34-31-45(32-35-47)54(42-20-9-5-10-21-42,43-22-11-6-12-23-43)44-24-13-7-14-25-44/h3-39H,1H2,2H3/b19-4-. The Bertz CT molecular complexity index is 2700. The third-order valence-electron chi connectivity index (χ3n) is 11.0. The van der Waals surface area contributed by atoms with Crippen molar-refractivity contribution in [1.82, 2.24) is 4.57 Å². The molecular formula is C54H42N2. The number of hydrogen-bond acceptors (Lipinski definition) is 1. The molecule has 0 unspecified atom stereocenters. The molecule has 0 amide bonds. The molecule has 0 aliphatic carbocycles. The second-order valence-electron chi connectivity index (χ2n) is 14.3. The van der Waals surface area contributed by atoms with Crippen molar-refractivity contribution < 1.29 is 0 Å². The van der Waals surface area contributed by atoms with Gasteiger partial charge in [0.2, 0.25) is 0 Å². The lowest BCUT2D eigenvalue weighted by atomic mass is 9.65. The highest BCUT2D eigenvalue weighted by Gasteiger charge is 2.38. The van der Waals surface area contributed by atoms with Crippen molar-refractivity contribution in [3.63, 3.8) is 0 Å². The number of para-hydroxylation sites is 2. The number of benzene rings is 8. The molecule has 1 aromatic heterocycles. The number of allylic oxidation sites excluding steroid dienone is 2. The molecule has 1 heterocycles. The van der Waals surface area contributed by atoms with Crippen molar-refractivity contribution in [2.75, 3.05) is 4.90 Å². The smallest absolute Gasteiger partial charge is 0.0701 e. The van der Waals surface area contributed by atoms with Gasteiger partial charge in [-0.1, -0.05) is 170 Å². The molecular weight excluding hydrogens is 677 g/mol. The summed E-state index contributed by atoms with van der Waals surface area (Å²) in [6.45, 7) is 6.09. The quantitative estimate of drug-likeness (QED) is 0.101. The molecule has 0 N–H and O–H groups in total. The predicted molar refractivity (Wildman–Crippen MR) is 238 cm³/mol. The van der Waals surface area contributed by atoms with Crippen molar-refractivity contribution >= 4 is 44.9 Å². The Labute approximate surface area is 329 Å². The van der Waals surface area contributed by atoms with E-state index in [1.54, 1.807) is 0 Å². The summed E-state index contributed by atoms with van der Waals surface area (Å²) in [6, 6.07) is 74.9. The van der Waals surface area contributed by atoms with Crippen LogP contribution in [0.15, 0.2) is 225 Å². The summed E-state index contributed by atoms with van der Waals surface area (Å²) >= 11 is 0. The molecule has 0 fully saturated rings. The summed E-state index contributed by atoms with van der Waals surface area (Å²) in [5.41, 5.74) is 13.5. The first kappa shape index (κ1) is 34.6. The van der Waals surface area contributed by atoms with Crippen molar-refractivity contribution in [2.45, 2.75) is 12.3 Å². The summed E-state index contributed by atoms with van der Waals surface area (Å²) in [5.74, 6) is 0. The molecule has 2 heteroatoms. The van der Waals surface area contributed by atoms with Crippen LogP contribution in [0, 0.1) is 6.92 Å². The Morgan fingerprint density at radius 1 is 0.464 bits per heavy atom. The minimum atomic E-state index is -0.530. The second kappa shape index (κ2) is 14.9. The average Bonchev–Trinajstić information content (AvgIpc) is 3.60. The van der Waals surface area contributed by atoms with Gasteiger partial charge in [0.15, 0.2) is 0 Å². The van der Waals surface area contributed by atoms with E-state index in [1.165, 1.54) is 49.6 Å². The highest BCUT2D eigenvalue weighted by atomic mass is 15.1. The van der Waals surface area contributed by atoms with E-state index >= 15 is 0 Å². The minimum Gasteiger partial charge on any atom is -0.310 e. The van der Waals surface area contributed by atoms with Crippen LogP contribution < -0.4 is 4.90 Å². The second-order valence-corrected chi connectivity index (χ2v) is 14.3. The van der Waals surface area contributed by atoms with Gasteiger partial charge in [0, 0.05) is 33.5 Å². The van der Waals surface area contributed by atoms with Crippen LogP contribution in [0.4, 0.5) is 17.1 Å². The van der Waals surface area contributed by atoms with E-state index in [2.05, 4.69) is 235 Å². The molecule has 0 aliphatic heterocycles. The molecule has 8 aromatic carbocycles. The Balaban J connectivity index is 1.26. The van der Waals surface area contributed by atoms with Crippen molar-refractivity contribution in [1.29, 1.82) is 0 Å². The van der Waals surface area contributed by atoms with E-state index < -0.39 is 5.41 Å². The number of anilines is 3. The van der Waals surface area contributed by atoms with Gasteiger partial charge < -0.3 is 9.47 Å². The molecule has 2 nitrogen and oxygen atoms in total. The van der Waals surface area contributed by atoms with Crippen molar-refractivity contribution in [3.8, 4) is 5.69 Å².